The van der Waals surface area contributed by atoms with Gasteiger partial charge in [-0.05, 0) is 19.3 Å². The molecular formula is C7H12ClNO. The molecule has 1 aliphatic rings. The van der Waals surface area contributed by atoms with E-state index in [1.165, 1.54) is 12.8 Å². The van der Waals surface area contributed by atoms with Gasteiger partial charge in [0.15, 0.2) is 0 Å². The first-order valence-corrected chi connectivity index (χ1v) is 4.13. The van der Waals surface area contributed by atoms with Crippen LogP contribution in [0, 0.1) is 4.91 Å². The molecule has 0 atom stereocenters. The maximum absolute atomic E-state index is 9.80. The van der Waals surface area contributed by atoms with Crippen molar-refractivity contribution < 1.29 is 0 Å². The van der Waals surface area contributed by atoms with Crippen LogP contribution in [-0.4, -0.2) is 11.4 Å². The van der Waals surface area contributed by atoms with Crippen molar-refractivity contribution in [3.63, 3.8) is 0 Å². The molecule has 0 aromatic heterocycles. The fraction of sp³-hybridized carbons (Fsp3) is 1.00. The first-order valence-electron chi connectivity index (χ1n) is 3.75. The number of hydrogen-bond acceptors (Lipinski definition) is 2. The summed E-state index contributed by atoms with van der Waals surface area (Å²) in [5, 5.41) is 2.81. The molecule has 3 heteroatoms. The number of alkyl halides is 1. The molecule has 1 saturated carbocycles. The normalized spacial score (nSPS) is 22.9. The highest BCUT2D eigenvalue weighted by Gasteiger charge is 2.30. The van der Waals surface area contributed by atoms with Crippen molar-refractivity contribution in [2.75, 3.05) is 6.54 Å². The number of nitrogens with zero attached hydrogens (tertiary/aromatic N) is 1. The highest BCUT2D eigenvalue weighted by Crippen LogP contribution is 2.38. The molecule has 10 heavy (non-hydrogen) atoms. The van der Waals surface area contributed by atoms with Gasteiger partial charge in [0.25, 0.3) is 0 Å². The summed E-state index contributed by atoms with van der Waals surface area (Å²) >= 11 is 6.15. The Morgan fingerprint density at radius 2 is 2.00 bits per heavy atom. The van der Waals surface area contributed by atoms with Gasteiger partial charge in [0.2, 0.25) is 0 Å². The fourth-order valence-electron chi connectivity index (χ4n) is 1.50. The Balaban J connectivity index is 2.28. The molecule has 0 saturated heterocycles. The molecular weight excluding hydrogens is 150 g/mol. The molecule has 1 aliphatic carbocycles. The van der Waals surface area contributed by atoms with Gasteiger partial charge in [0.05, 0.1) is 6.54 Å². The number of hydrogen-bond donors (Lipinski definition) is 0. The Labute approximate surface area is 65.9 Å². The molecule has 0 heterocycles. The molecule has 0 aliphatic heterocycles. The number of nitroso groups, excluding NO2 is 1. The van der Waals surface area contributed by atoms with Gasteiger partial charge >= 0.3 is 0 Å². The van der Waals surface area contributed by atoms with Crippen molar-refractivity contribution in [2.45, 2.75) is 37.0 Å². The van der Waals surface area contributed by atoms with Crippen LogP contribution in [0.2, 0.25) is 0 Å². The second kappa shape index (κ2) is 3.33. The lowest BCUT2D eigenvalue weighted by atomic mass is 10.0. The Morgan fingerprint density at radius 3 is 2.50 bits per heavy atom. The molecule has 1 rings (SSSR count). The highest BCUT2D eigenvalue weighted by atomic mass is 35.5. The van der Waals surface area contributed by atoms with Gasteiger partial charge < -0.3 is 0 Å². The van der Waals surface area contributed by atoms with Crippen LogP contribution in [0.3, 0.4) is 0 Å². The van der Waals surface area contributed by atoms with E-state index in [0.29, 0.717) is 6.54 Å². The Kier molecular flexibility index (Phi) is 2.66. The third kappa shape index (κ3) is 1.94. The molecule has 0 N–H and O–H groups in total. The lowest BCUT2D eigenvalue weighted by molar-refractivity contribution is 0.553. The standard InChI is InChI=1S/C7H12ClNO/c8-7(5-6-9-10)3-1-2-4-7/h1-6H2. The van der Waals surface area contributed by atoms with Crippen molar-refractivity contribution in [3.05, 3.63) is 4.91 Å². The largest absolute Gasteiger partial charge is 0.151 e. The summed E-state index contributed by atoms with van der Waals surface area (Å²) in [6, 6.07) is 0. The Bertz CT molecular complexity index is 121. The van der Waals surface area contributed by atoms with E-state index in [1.807, 2.05) is 0 Å². The van der Waals surface area contributed by atoms with Crippen molar-refractivity contribution in [2.24, 2.45) is 5.18 Å². The van der Waals surface area contributed by atoms with E-state index >= 15 is 0 Å². The van der Waals surface area contributed by atoms with Crippen LogP contribution in [0.25, 0.3) is 0 Å². The van der Waals surface area contributed by atoms with Gasteiger partial charge in [-0.3, -0.25) is 0 Å². The minimum absolute atomic E-state index is 0.0755. The predicted molar refractivity (Wildman–Crippen MR) is 42.3 cm³/mol. The molecule has 58 valence electrons. The monoisotopic (exact) mass is 161 g/mol. The summed E-state index contributed by atoms with van der Waals surface area (Å²) < 4.78 is 0. The maximum Gasteiger partial charge on any atom is 0.0827 e. The average Bonchev–Trinajstić information content (AvgIpc) is 2.33. The van der Waals surface area contributed by atoms with Crippen LogP contribution in [0.4, 0.5) is 0 Å². The molecule has 0 aromatic rings. The molecule has 0 aromatic carbocycles. The predicted octanol–water partition coefficient (Wildman–Crippen LogP) is 2.69. The van der Waals surface area contributed by atoms with Gasteiger partial charge in [0, 0.05) is 4.87 Å². The van der Waals surface area contributed by atoms with Crippen LogP contribution < -0.4 is 0 Å². The zero-order valence-corrected chi connectivity index (χ0v) is 6.73. The summed E-state index contributed by atoms with van der Waals surface area (Å²) in [6.45, 7) is 0.378. The quantitative estimate of drug-likeness (QED) is 0.462. The Hall–Kier alpha value is -0.110. The van der Waals surface area contributed by atoms with Gasteiger partial charge in [-0.1, -0.05) is 18.0 Å². The molecule has 0 spiro atoms. The zero-order chi connectivity index (χ0) is 7.45. The van der Waals surface area contributed by atoms with Crippen LogP contribution in [0.5, 0.6) is 0 Å². The molecule has 2 nitrogen and oxygen atoms in total. The smallest absolute Gasteiger partial charge is 0.0827 e. The first-order chi connectivity index (χ1) is 4.77. The summed E-state index contributed by atoms with van der Waals surface area (Å²) in [4.78, 5) is 9.72. The molecule has 0 unspecified atom stereocenters. The van der Waals surface area contributed by atoms with E-state index in [-0.39, 0.29) is 4.87 Å². The average molecular weight is 162 g/mol. The van der Waals surface area contributed by atoms with Crippen molar-refractivity contribution in [1.29, 1.82) is 0 Å². The van der Waals surface area contributed by atoms with E-state index < -0.39 is 0 Å². The summed E-state index contributed by atoms with van der Waals surface area (Å²) in [7, 11) is 0. The number of rotatable bonds is 3. The van der Waals surface area contributed by atoms with Crippen molar-refractivity contribution >= 4 is 11.6 Å². The minimum Gasteiger partial charge on any atom is -0.151 e. The molecule has 1 fully saturated rings. The Morgan fingerprint density at radius 1 is 1.40 bits per heavy atom. The van der Waals surface area contributed by atoms with E-state index in [4.69, 9.17) is 11.6 Å². The second-order valence-electron chi connectivity index (χ2n) is 2.96. The summed E-state index contributed by atoms with van der Waals surface area (Å²) in [5.41, 5.74) is 0. The maximum atomic E-state index is 9.80. The van der Waals surface area contributed by atoms with Crippen LogP contribution in [-0.2, 0) is 0 Å². The number of halogens is 1. The molecule has 0 radical (unpaired) electrons. The van der Waals surface area contributed by atoms with Crippen LogP contribution in [0.1, 0.15) is 32.1 Å². The summed E-state index contributed by atoms with van der Waals surface area (Å²) in [6.07, 6.45) is 5.30. The van der Waals surface area contributed by atoms with Crippen molar-refractivity contribution in [3.8, 4) is 0 Å². The topological polar surface area (TPSA) is 29.4 Å². The summed E-state index contributed by atoms with van der Waals surface area (Å²) in [5.74, 6) is 0. The van der Waals surface area contributed by atoms with Gasteiger partial charge in [-0.25, -0.2) is 0 Å². The van der Waals surface area contributed by atoms with E-state index in [1.54, 1.807) is 0 Å². The van der Waals surface area contributed by atoms with Gasteiger partial charge in [-0.15, -0.1) is 11.6 Å². The second-order valence-corrected chi connectivity index (χ2v) is 3.76. The third-order valence-electron chi connectivity index (χ3n) is 2.15. The van der Waals surface area contributed by atoms with Crippen molar-refractivity contribution in [1.82, 2.24) is 0 Å². The fourth-order valence-corrected chi connectivity index (χ4v) is 1.86. The first kappa shape index (κ1) is 7.99. The SMILES string of the molecule is O=NCCC1(Cl)CCCC1. The van der Waals surface area contributed by atoms with E-state index in [9.17, 15) is 4.91 Å². The lowest BCUT2D eigenvalue weighted by Gasteiger charge is -2.17. The zero-order valence-electron chi connectivity index (χ0n) is 5.98. The molecule has 0 bridgehead atoms. The van der Waals surface area contributed by atoms with Crippen LogP contribution >= 0.6 is 11.6 Å². The minimum atomic E-state index is -0.0755. The van der Waals surface area contributed by atoms with E-state index in [0.717, 1.165) is 19.3 Å². The highest BCUT2D eigenvalue weighted by molar-refractivity contribution is 6.24. The lowest BCUT2D eigenvalue weighted by Crippen LogP contribution is -2.16. The van der Waals surface area contributed by atoms with Crippen LogP contribution in [0.15, 0.2) is 5.18 Å². The molecule has 0 amide bonds. The van der Waals surface area contributed by atoms with Gasteiger partial charge in [0.1, 0.15) is 0 Å². The van der Waals surface area contributed by atoms with E-state index in [2.05, 4.69) is 5.18 Å². The van der Waals surface area contributed by atoms with Gasteiger partial charge in [-0.2, -0.15) is 4.91 Å². The third-order valence-corrected chi connectivity index (χ3v) is 2.72.